The highest BCUT2D eigenvalue weighted by molar-refractivity contribution is 5.98. The molecule has 0 bridgehead atoms. The Morgan fingerprint density at radius 3 is 2.41 bits per heavy atom. The average Bonchev–Trinajstić information content (AvgIpc) is 3.68. The second kappa shape index (κ2) is 11.4. The van der Waals surface area contributed by atoms with E-state index in [1.807, 2.05) is 24.3 Å². The number of carbonyl (C=O) groups excluding carboxylic acids is 2. The molecule has 2 N–H and O–H groups in total. The Hall–Kier alpha value is -4.59. The van der Waals surface area contributed by atoms with Crippen molar-refractivity contribution in [3.05, 3.63) is 65.0 Å². The lowest BCUT2D eigenvalue weighted by Crippen LogP contribution is -2.28. The minimum Gasteiger partial charge on any atom is -0.493 e. The Bertz CT molecular complexity index is 1310. The van der Waals surface area contributed by atoms with Gasteiger partial charge in [0.15, 0.2) is 17.2 Å². The van der Waals surface area contributed by atoms with Gasteiger partial charge in [-0.3, -0.25) is 9.59 Å². The first-order chi connectivity index (χ1) is 18.0. The van der Waals surface area contributed by atoms with Crippen LogP contribution in [0.2, 0.25) is 0 Å². The number of nitriles is 1. The molecule has 2 amide bonds. The number of nitrogens with one attached hydrogen (secondary N) is 2. The summed E-state index contributed by atoms with van der Waals surface area (Å²) >= 11 is 0. The maximum Gasteiger partial charge on any atom is 0.274 e. The molecule has 11 nitrogen and oxygen atoms in total. The molecule has 0 spiro atoms. The number of methoxy groups -OCH3 is 3. The summed E-state index contributed by atoms with van der Waals surface area (Å²) in [5.74, 6) is 0.749. The normalized spacial score (nSPS) is 13.2. The lowest BCUT2D eigenvalue weighted by atomic mass is 10.0. The molecule has 192 valence electrons. The van der Waals surface area contributed by atoms with Gasteiger partial charge in [-0.2, -0.15) is 5.26 Å². The molecule has 1 heterocycles. The minimum absolute atomic E-state index is 0.0720. The van der Waals surface area contributed by atoms with Crippen LogP contribution in [-0.4, -0.2) is 54.7 Å². The van der Waals surface area contributed by atoms with Crippen LogP contribution in [0.1, 0.15) is 56.8 Å². The highest BCUT2D eigenvalue weighted by Crippen LogP contribution is 2.40. The van der Waals surface area contributed by atoms with Crippen molar-refractivity contribution in [2.24, 2.45) is 0 Å². The molecule has 1 fully saturated rings. The van der Waals surface area contributed by atoms with Gasteiger partial charge in [-0.05, 0) is 42.0 Å². The van der Waals surface area contributed by atoms with Crippen LogP contribution >= 0.6 is 0 Å². The zero-order chi connectivity index (χ0) is 26.4. The van der Waals surface area contributed by atoms with Gasteiger partial charge in [0, 0.05) is 6.54 Å². The van der Waals surface area contributed by atoms with E-state index in [1.165, 1.54) is 50.6 Å². The summed E-state index contributed by atoms with van der Waals surface area (Å²) in [6.45, 7) is 0.487. The number of nitrogens with zero attached hydrogens (tertiary/aromatic N) is 4. The molecule has 2 aromatic carbocycles. The summed E-state index contributed by atoms with van der Waals surface area (Å²) in [5, 5.41) is 22.9. The average molecular weight is 505 g/mol. The minimum atomic E-state index is -0.804. The van der Waals surface area contributed by atoms with Gasteiger partial charge in [0.2, 0.25) is 5.75 Å². The number of amides is 2. The maximum absolute atomic E-state index is 12.7. The molecule has 0 saturated heterocycles. The first-order valence-corrected chi connectivity index (χ1v) is 11.8. The van der Waals surface area contributed by atoms with Gasteiger partial charge in [-0.1, -0.05) is 29.5 Å². The van der Waals surface area contributed by atoms with Crippen LogP contribution in [0.25, 0.3) is 0 Å². The van der Waals surface area contributed by atoms with Crippen LogP contribution in [0.15, 0.2) is 42.6 Å². The van der Waals surface area contributed by atoms with Crippen molar-refractivity contribution < 1.29 is 23.8 Å². The predicted molar refractivity (Wildman–Crippen MR) is 133 cm³/mol. The number of aromatic nitrogens is 3. The number of ether oxygens (including phenoxy) is 3. The van der Waals surface area contributed by atoms with Crippen LogP contribution in [0.4, 0.5) is 0 Å². The molecule has 11 heteroatoms. The van der Waals surface area contributed by atoms with Gasteiger partial charge in [0.1, 0.15) is 6.04 Å². The molecule has 4 rings (SSSR count). The Morgan fingerprint density at radius 2 is 1.78 bits per heavy atom. The zero-order valence-corrected chi connectivity index (χ0v) is 20.9. The van der Waals surface area contributed by atoms with Gasteiger partial charge in [-0.25, -0.2) is 4.68 Å². The van der Waals surface area contributed by atoms with Gasteiger partial charge in [0.05, 0.1) is 45.7 Å². The van der Waals surface area contributed by atoms with Gasteiger partial charge < -0.3 is 24.8 Å². The van der Waals surface area contributed by atoms with Crippen LogP contribution in [0, 0.1) is 11.3 Å². The number of benzene rings is 2. The SMILES string of the molecule is COc1ccc(C(=O)NCCn2cc(C(=O)NC(C#N)c3ccc(C4CC4)cc3)nn2)c(OC)c1OC. The maximum atomic E-state index is 12.7. The second-order valence-electron chi connectivity index (χ2n) is 8.48. The van der Waals surface area contributed by atoms with E-state index in [1.54, 1.807) is 12.1 Å². The highest BCUT2D eigenvalue weighted by atomic mass is 16.5. The summed E-state index contributed by atoms with van der Waals surface area (Å²) in [4.78, 5) is 25.4. The standard InChI is InChI=1S/C26H28N6O5/c1-35-22-11-10-19(23(36-2)24(22)37-3)25(33)28-12-13-32-15-21(30-31-32)26(34)29-20(14-27)18-8-6-17(7-9-18)16-4-5-16/h6-11,15-16,20H,4-5,12-13H2,1-3H3,(H,28,33)(H,29,34). The summed E-state index contributed by atoms with van der Waals surface area (Å²) in [5.41, 5.74) is 2.32. The molecule has 1 aromatic heterocycles. The van der Waals surface area contributed by atoms with E-state index in [0.717, 1.165) is 0 Å². The third-order valence-electron chi connectivity index (χ3n) is 6.07. The smallest absolute Gasteiger partial charge is 0.274 e. The number of hydrogen-bond donors (Lipinski definition) is 2. The van der Waals surface area contributed by atoms with E-state index in [-0.39, 0.29) is 36.0 Å². The first kappa shape index (κ1) is 25.5. The van der Waals surface area contributed by atoms with Gasteiger partial charge >= 0.3 is 0 Å². The second-order valence-corrected chi connectivity index (χ2v) is 8.48. The number of carbonyl (C=O) groups is 2. The summed E-state index contributed by atoms with van der Waals surface area (Å²) in [7, 11) is 4.40. The molecule has 1 aliphatic carbocycles. The Labute approximate surface area is 214 Å². The fourth-order valence-electron chi connectivity index (χ4n) is 3.94. The molecule has 1 atom stereocenters. The zero-order valence-electron chi connectivity index (χ0n) is 20.9. The van der Waals surface area contributed by atoms with E-state index in [9.17, 15) is 14.9 Å². The molecular formula is C26H28N6O5. The van der Waals surface area contributed by atoms with Crippen LogP contribution < -0.4 is 24.8 Å². The van der Waals surface area contributed by atoms with Crippen molar-refractivity contribution in [1.82, 2.24) is 25.6 Å². The van der Waals surface area contributed by atoms with Crippen LogP contribution in [0.3, 0.4) is 0 Å². The molecule has 1 unspecified atom stereocenters. The lowest BCUT2D eigenvalue weighted by molar-refractivity contribution is 0.0934. The summed E-state index contributed by atoms with van der Waals surface area (Å²) in [6.07, 6.45) is 3.85. The van der Waals surface area contributed by atoms with Crippen molar-refractivity contribution in [1.29, 1.82) is 5.26 Å². The molecule has 3 aromatic rings. The third kappa shape index (κ3) is 5.81. The topological polar surface area (TPSA) is 140 Å². The Morgan fingerprint density at radius 1 is 1.05 bits per heavy atom. The highest BCUT2D eigenvalue weighted by Gasteiger charge is 2.24. The van der Waals surface area contributed by atoms with Crippen LogP contribution in [-0.2, 0) is 6.54 Å². The molecule has 0 aliphatic heterocycles. The van der Waals surface area contributed by atoms with Crippen molar-refractivity contribution >= 4 is 11.8 Å². The summed E-state index contributed by atoms with van der Waals surface area (Å²) < 4.78 is 17.4. The Balaban J connectivity index is 1.32. The predicted octanol–water partition coefficient (Wildman–Crippen LogP) is 2.61. The molecule has 0 radical (unpaired) electrons. The van der Waals surface area contributed by atoms with E-state index >= 15 is 0 Å². The van der Waals surface area contributed by atoms with Gasteiger partial charge in [0.25, 0.3) is 11.8 Å². The van der Waals surface area contributed by atoms with E-state index in [0.29, 0.717) is 23.0 Å². The van der Waals surface area contributed by atoms with E-state index < -0.39 is 11.9 Å². The van der Waals surface area contributed by atoms with Crippen molar-refractivity contribution in [3.63, 3.8) is 0 Å². The fourth-order valence-corrected chi connectivity index (χ4v) is 3.94. The fraction of sp³-hybridized carbons (Fsp3) is 0.346. The van der Waals surface area contributed by atoms with Crippen molar-refractivity contribution in [3.8, 4) is 23.3 Å². The molecule has 1 aliphatic rings. The monoisotopic (exact) mass is 504 g/mol. The summed E-state index contributed by atoms with van der Waals surface area (Å²) in [6, 6.07) is 12.3. The number of hydrogen-bond acceptors (Lipinski definition) is 8. The van der Waals surface area contributed by atoms with E-state index in [4.69, 9.17) is 14.2 Å². The lowest BCUT2D eigenvalue weighted by Gasteiger charge is -2.15. The Kier molecular flexibility index (Phi) is 7.88. The third-order valence-corrected chi connectivity index (χ3v) is 6.07. The quantitative estimate of drug-likeness (QED) is 0.406. The van der Waals surface area contributed by atoms with Crippen LogP contribution in [0.5, 0.6) is 17.2 Å². The van der Waals surface area contributed by atoms with E-state index in [2.05, 4.69) is 27.0 Å². The van der Waals surface area contributed by atoms with Crippen molar-refractivity contribution in [2.45, 2.75) is 31.3 Å². The number of rotatable bonds is 11. The van der Waals surface area contributed by atoms with Gasteiger partial charge in [-0.15, -0.1) is 5.10 Å². The van der Waals surface area contributed by atoms with Crippen molar-refractivity contribution in [2.75, 3.05) is 27.9 Å². The largest absolute Gasteiger partial charge is 0.493 e. The first-order valence-electron chi connectivity index (χ1n) is 11.8. The molecule has 37 heavy (non-hydrogen) atoms. The molecule has 1 saturated carbocycles. The molecular weight excluding hydrogens is 476 g/mol.